The van der Waals surface area contributed by atoms with Crippen molar-refractivity contribution in [3.05, 3.63) is 24.3 Å². The standard InChI is InChI=1S/C14H15N3O4S/c1-3-20-10-7-5-9(6-8-10)12-16-17-14(22-12)15-11(18)13(19)21-4-2/h5-8H,3-4H2,1-2H3,(H,15,17,18). The van der Waals surface area contributed by atoms with Crippen LogP contribution in [0.1, 0.15) is 13.8 Å². The summed E-state index contributed by atoms with van der Waals surface area (Å²) in [6, 6.07) is 7.36. The minimum atomic E-state index is -0.944. The van der Waals surface area contributed by atoms with Crippen LogP contribution in [0.15, 0.2) is 24.3 Å². The zero-order chi connectivity index (χ0) is 15.9. The Hall–Kier alpha value is -2.48. The van der Waals surface area contributed by atoms with Crippen LogP contribution in [0, 0.1) is 0 Å². The summed E-state index contributed by atoms with van der Waals surface area (Å²) in [5, 5.41) is 11.0. The van der Waals surface area contributed by atoms with E-state index < -0.39 is 11.9 Å². The van der Waals surface area contributed by atoms with Gasteiger partial charge in [0.15, 0.2) is 0 Å². The molecule has 0 aliphatic heterocycles. The van der Waals surface area contributed by atoms with Gasteiger partial charge in [-0.2, -0.15) is 0 Å². The maximum atomic E-state index is 11.5. The molecule has 1 N–H and O–H groups in total. The Morgan fingerprint density at radius 2 is 1.86 bits per heavy atom. The van der Waals surface area contributed by atoms with Crippen molar-refractivity contribution in [2.24, 2.45) is 0 Å². The molecule has 1 amide bonds. The van der Waals surface area contributed by atoms with Gasteiger partial charge in [-0.05, 0) is 38.1 Å². The molecule has 0 aliphatic rings. The van der Waals surface area contributed by atoms with E-state index in [0.717, 1.165) is 11.3 Å². The van der Waals surface area contributed by atoms with E-state index in [2.05, 4.69) is 20.3 Å². The number of anilines is 1. The third kappa shape index (κ3) is 4.01. The zero-order valence-electron chi connectivity index (χ0n) is 12.2. The minimum Gasteiger partial charge on any atom is -0.494 e. The van der Waals surface area contributed by atoms with Crippen LogP contribution >= 0.6 is 11.3 Å². The second kappa shape index (κ2) is 7.51. The molecular formula is C14H15N3O4S. The predicted octanol–water partition coefficient (Wildman–Crippen LogP) is 2.11. The first-order valence-corrected chi connectivity index (χ1v) is 7.50. The topological polar surface area (TPSA) is 90.4 Å². The lowest BCUT2D eigenvalue weighted by Gasteiger charge is -2.02. The Morgan fingerprint density at radius 1 is 1.14 bits per heavy atom. The van der Waals surface area contributed by atoms with Crippen molar-refractivity contribution in [2.75, 3.05) is 18.5 Å². The molecule has 0 saturated heterocycles. The minimum absolute atomic E-state index is 0.139. The molecule has 1 heterocycles. The van der Waals surface area contributed by atoms with Crippen LogP contribution in [0.2, 0.25) is 0 Å². The molecule has 0 saturated carbocycles. The number of rotatable bonds is 5. The number of aromatic nitrogens is 2. The molecule has 1 aromatic heterocycles. The van der Waals surface area contributed by atoms with Gasteiger partial charge in [-0.1, -0.05) is 11.3 Å². The van der Waals surface area contributed by atoms with E-state index in [0.29, 0.717) is 11.6 Å². The van der Waals surface area contributed by atoms with E-state index in [-0.39, 0.29) is 11.7 Å². The molecule has 2 rings (SSSR count). The van der Waals surface area contributed by atoms with Gasteiger partial charge in [0, 0.05) is 5.56 Å². The number of hydrogen-bond acceptors (Lipinski definition) is 7. The molecule has 8 heteroatoms. The molecule has 2 aromatic rings. The van der Waals surface area contributed by atoms with E-state index in [9.17, 15) is 9.59 Å². The number of ether oxygens (including phenoxy) is 2. The highest BCUT2D eigenvalue weighted by molar-refractivity contribution is 7.18. The number of carbonyl (C=O) groups excluding carboxylic acids is 2. The highest BCUT2D eigenvalue weighted by atomic mass is 32.1. The Balaban J connectivity index is 2.04. The maximum absolute atomic E-state index is 11.5. The van der Waals surface area contributed by atoms with Gasteiger partial charge >= 0.3 is 11.9 Å². The van der Waals surface area contributed by atoms with Crippen LogP contribution in [-0.4, -0.2) is 35.3 Å². The van der Waals surface area contributed by atoms with E-state index >= 15 is 0 Å². The molecular weight excluding hydrogens is 306 g/mol. The molecule has 0 spiro atoms. The second-order valence-electron chi connectivity index (χ2n) is 4.04. The predicted molar refractivity (Wildman–Crippen MR) is 81.8 cm³/mol. The van der Waals surface area contributed by atoms with Crippen molar-refractivity contribution in [2.45, 2.75) is 13.8 Å². The molecule has 0 bridgehead atoms. The summed E-state index contributed by atoms with van der Waals surface area (Å²) in [4.78, 5) is 22.7. The normalized spacial score (nSPS) is 10.1. The third-order valence-corrected chi connectivity index (χ3v) is 3.41. The number of esters is 1. The van der Waals surface area contributed by atoms with Crippen LogP contribution < -0.4 is 10.1 Å². The average Bonchev–Trinajstić information content (AvgIpc) is 2.97. The van der Waals surface area contributed by atoms with Gasteiger partial charge in [0.2, 0.25) is 5.13 Å². The van der Waals surface area contributed by atoms with Crippen molar-refractivity contribution in [1.29, 1.82) is 0 Å². The quantitative estimate of drug-likeness (QED) is 0.670. The molecule has 0 radical (unpaired) electrons. The van der Waals surface area contributed by atoms with E-state index in [1.807, 2.05) is 31.2 Å². The Morgan fingerprint density at radius 3 is 2.50 bits per heavy atom. The first-order chi connectivity index (χ1) is 10.6. The first-order valence-electron chi connectivity index (χ1n) is 6.68. The van der Waals surface area contributed by atoms with Crippen LogP contribution in [-0.2, 0) is 14.3 Å². The molecule has 0 aliphatic carbocycles. The number of amides is 1. The van der Waals surface area contributed by atoms with Gasteiger partial charge < -0.3 is 9.47 Å². The highest BCUT2D eigenvalue weighted by Crippen LogP contribution is 2.27. The number of benzene rings is 1. The van der Waals surface area contributed by atoms with Gasteiger partial charge in [-0.15, -0.1) is 10.2 Å². The molecule has 1 aromatic carbocycles. The summed E-state index contributed by atoms with van der Waals surface area (Å²) in [5.41, 5.74) is 0.845. The Bertz CT molecular complexity index is 654. The fraction of sp³-hybridized carbons (Fsp3) is 0.286. The number of nitrogens with one attached hydrogen (secondary N) is 1. The Kier molecular flexibility index (Phi) is 5.42. The van der Waals surface area contributed by atoms with E-state index in [1.165, 1.54) is 11.3 Å². The van der Waals surface area contributed by atoms with Gasteiger partial charge in [-0.25, -0.2) is 4.79 Å². The van der Waals surface area contributed by atoms with Crippen molar-refractivity contribution in [3.8, 4) is 16.3 Å². The second-order valence-corrected chi connectivity index (χ2v) is 5.02. The SMILES string of the molecule is CCOC(=O)C(=O)Nc1nnc(-c2ccc(OCC)cc2)s1. The van der Waals surface area contributed by atoms with Crippen LogP contribution in [0.4, 0.5) is 5.13 Å². The van der Waals surface area contributed by atoms with Crippen molar-refractivity contribution >= 4 is 28.3 Å². The van der Waals surface area contributed by atoms with Crippen molar-refractivity contribution < 1.29 is 19.1 Å². The lowest BCUT2D eigenvalue weighted by Crippen LogP contribution is -2.24. The fourth-order valence-corrected chi connectivity index (χ4v) is 2.34. The monoisotopic (exact) mass is 321 g/mol. The van der Waals surface area contributed by atoms with Crippen molar-refractivity contribution in [1.82, 2.24) is 10.2 Å². The molecule has 7 nitrogen and oxygen atoms in total. The summed E-state index contributed by atoms with van der Waals surface area (Å²) in [5.74, 6) is -1.04. The largest absolute Gasteiger partial charge is 0.494 e. The fourth-order valence-electron chi connectivity index (χ4n) is 1.60. The molecule has 116 valence electrons. The number of nitrogens with zero attached hydrogens (tertiary/aromatic N) is 2. The summed E-state index contributed by atoms with van der Waals surface area (Å²) in [6.07, 6.45) is 0. The lowest BCUT2D eigenvalue weighted by atomic mass is 10.2. The van der Waals surface area contributed by atoms with E-state index in [4.69, 9.17) is 4.74 Å². The number of hydrogen-bond donors (Lipinski definition) is 1. The van der Waals surface area contributed by atoms with Gasteiger partial charge in [0.25, 0.3) is 0 Å². The third-order valence-electron chi connectivity index (χ3n) is 2.52. The molecule has 0 fully saturated rings. The average molecular weight is 321 g/mol. The number of carbonyl (C=O) groups is 2. The van der Waals surface area contributed by atoms with Gasteiger partial charge in [0.05, 0.1) is 13.2 Å². The Labute approximate surface area is 131 Å². The van der Waals surface area contributed by atoms with Gasteiger partial charge in [-0.3, -0.25) is 10.1 Å². The lowest BCUT2D eigenvalue weighted by molar-refractivity contribution is -0.152. The van der Waals surface area contributed by atoms with Gasteiger partial charge in [0.1, 0.15) is 10.8 Å². The summed E-state index contributed by atoms with van der Waals surface area (Å²) >= 11 is 1.17. The summed E-state index contributed by atoms with van der Waals surface area (Å²) in [6.45, 7) is 4.28. The summed E-state index contributed by atoms with van der Waals surface area (Å²) < 4.78 is 9.96. The highest BCUT2D eigenvalue weighted by Gasteiger charge is 2.17. The molecule has 0 atom stereocenters. The smallest absolute Gasteiger partial charge is 0.397 e. The van der Waals surface area contributed by atoms with E-state index in [1.54, 1.807) is 6.92 Å². The first kappa shape index (κ1) is 15.9. The zero-order valence-corrected chi connectivity index (χ0v) is 13.0. The molecule has 0 unspecified atom stereocenters. The van der Waals surface area contributed by atoms with Crippen LogP contribution in [0.5, 0.6) is 5.75 Å². The maximum Gasteiger partial charge on any atom is 0.397 e. The molecule has 22 heavy (non-hydrogen) atoms. The van der Waals surface area contributed by atoms with Crippen LogP contribution in [0.25, 0.3) is 10.6 Å². The summed E-state index contributed by atoms with van der Waals surface area (Å²) in [7, 11) is 0. The van der Waals surface area contributed by atoms with Crippen molar-refractivity contribution in [3.63, 3.8) is 0 Å². The van der Waals surface area contributed by atoms with Crippen LogP contribution in [0.3, 0.4) is 0 Å².